The number of ether oxygens (including phenoxy) is 4. The molecule has 0 saturated carbocycles. The third kappa shape index (κ3) is 67.0. The molecule has 0 aliphatic heterocycles. The summed E-state index contributed by atoms with van der Waals surface area (Å²) >= 11 is 0. The number of phosphoric ester groups is 2. The van der Waals surface area contributed by atoms with Crippen LogP contribution < -0.4 is 0 Å². The summed E-state index contributed by atoms with van der Waals surface area (Å²) in [6.45, 7) is 7.18. The predicted molar refractivity (Wildman–Crippen MR) is 377 cm³/mol. The molecule has 0 fully saturated rings. The van der Waals surface area contributed by atoms with Crippen molar-refractivity contribution in [1.82, 2.24) is 0 Å². The monoisotopic (exact) mass is 1370 g/mol. The van der Waals surface area contributed by atoms with Crippen molar-refractivity contribution in [2.45, 2.75) is 406 Å². The number of hydrogen-bond acceptors (Lipinski definition) is 15. The number of phosphoric acid groups is 2. The highest BCUT2D eigenvalue weighted by atomic mass is 31.2. The Hall–Kier alpha value is -1.94. The SMILES string of the molecule is CCCCCCCCCCCCCCCCCCCCCCCC(=O)O[C@H](COC(=O)CCCCCCCCCCCCCCCCC)COP(=O)(O)OC[C@@H](O)COP(=O)(O)OC[C@@H](COC(=O)CCCCCCCCC)OC(=O)CCCCCCCCC(C)CC. The molecule has 6 atom stereocenters. The van der Waals surface area contributed by atoms with Crippen molar-refractivity contribution in [3.05, 3.63) is 0 Å². The Kier molecular flexibility index (Phi) is 65.9. The van der Waals surface area contributed by atoms with Gasteiger partial charge in [-0.1, -0.05) is 336 Å². The minimum absolute atomic E-state index is 0.103. The molecule has 0 aromatic carbocycles. The van der Waals surface area contributed by atoms with Gasteiger partial charge < -0.3 is 33.8 Å². The summed E-state index contributed by atoms with van der Waals surface area (Å²) in [6, 6.07) is 0. The topological polar surface area (TPSA) is 237 Å². The van der Waals surface area contributed by atoms with E-state index < -0.39 is 97.5 Å². The van der Waals surface area contributed by atoms with Crippen molar-refractivity contribution < 1.29 is 80.2 Å². The van der Waals surface area contributed by atoms with E-state index in [1.165, 1.54) is 199 Å². The van der Waals surface area contributed by atoms with Gasteiger partial charge >= 0.3 is 39.5 Å². The molecule has 0 aliphatic rings. The van der Waals surface area contributed by atoms with E-state index in [2.05, 4.69) is 34.6 Å². The maximum absolute atomic E-state index is 13.1. The van der Waals surface area contributed by atoms with Crippen LogP contribution in [0.15, 0.2) is 0 Å². The summed E-state index contributed by atoms with van der Waals surface area (Å²) < 4.78 is 68.3. The largest absolute Gasteiger partial charge is 0.472 e. The molecular weight excluding hydrogens is 1220 g/mol. The van der Waals surface area contributed by atoms with Crippen LogP contribution in [0, 0.1) is 5.92 Å². The molecule has 0 aromatic rings. The van der Waals surface area contributed by atoms with Gasteiger partial charge in [0.15, 0.2) is 12.2 Å². The summed E-state index contributed by atoms with van der Waals surface area (Å²) in [7, 11) is -9.90. The van der Waals surface area contributed by atoms with Gasteiger partial charge in [0.25, 0.3) is 0 Å². The van der Waals surface area contributed by atoms with Crippen LogP contribution in [0.4, 0.5) is 0 Å². The fourth-order valence-electron chi connectivity index (χ4n) is 11.3. The van der Waals surface area contributed by atoms with Gasteiger partial charge in [0.1, 0.15) is 19.3 Å². The lowest BCUT2D eigenvalue weighted by Gasteiger charge is -2.21. The van der Waals surface area contributed by atoms with Crippen molar-refractivity contribution in [3.8, 4) is 0 Å². The average Bonchev–Trinajstić information content (AvgIpc) is 2.83. The number of unbranched alkanes of at least 4 members (excludes halogenated alkanes) is 45. The second-order valence-corrected chi connectivity index (χ2v) is 29.8. The maximum atomic E-state index is 13.1. The molecule has 0 spiro atoms. The molecule has 0 amide bonds. The summed E-state index contributed by atoms with van der Waals surface area (Å²) in [5.74, 6) is -1.40. The van der Waals surface area contributed by atoms with Crippen LogP contribution in [-0.4, -0.2) is 96.7 Å². The van der Waals surface area contributed by atoms with Crippen LogP contribution in [0.5, 0.6) is 0 Å². The Morgan fingerprint density at radius 1 is 0.301 bits per heavy atom. The van der Waals surface area contributed by atoms with Crippen LogP contribution in [0.1, 0.15) is 388 Å². The van der Waals surface area contributed by atoms with Gasteiger partial charge in [0, 0.05) is 25.7 Å². The highest BCUT2D eigenvalue weighted by molar-refractivity contribution is 7.47. The van der Waals surface area contributed by atoms with Crippen molar-refractivity contribution in [1.29, 1.82) is 0 Å². The van der Waals surface area contributed by atoms with E-state index in [1.807, 2.05) is 0 Å². The molecule has 0 radical (unpaired) electrons. The minimum atomic E-state index is -4.95. The van der Waals surface area contributed by atoms with Crippen molar-refractivity contribution >= 4 is 39.5 Å². The molecule has 0 rings (SSSR count). The number of esters is 4. The van der Waals surface area contributed by atoms with Crippen molar-refractivity contribution in [2.24, 2.45) is 5.92 Å². The lowest BCUT2D eigenvalue weighted by Crippen LogP contribution is -2.30. The molecule has 17 nitrogen and oxygen atoms in total. The number of rotatable bonds is 74. The molecule has 0 saturated heterocycles. The summed E-state index contributed by atoms with van der Waals surface area (Å²) in [5, 5.41) is 10.6. The zero-order valence-corrected chi connectivity index (χ0v) is 62.2. The number of aliphatic hydroxyl groups is 1. The van der Waals surface area contributed by atoms with Crippen LogP contribution in [0.3, 0.4) is 0 Å². The van der Waals surface area contributed by atoms with Crippen molar-refractivity contribution in [3.63, 3.8) is 0 Å². The second kappa shape index (κ2) is 67.3. The highest BCUT2D eigenvalue weighted by Crippen LogP contribution is 2.45. The number of aliphatic hydroxyl groups excluding tert-OH is 1. The molecule has 19 heteroatoms. The number of carbonyl (C=O) groups is 4. The third-order valence-electron chi connectivity index (χ3n) is 17.6. The van der Waals surface area contributed by atoms with E-state index in [0.29, 0.717) is 25.7 Å². The standard InChI is InChI=1S/C74H144O17P2/c1-6-10-13-16-19-21-23-25-27-28-29-30-31-32-34-36-38-40-43-49-54-59-73(78)90-69(64-85-72(77)58-53-48-42-39-37-35-33-26-24-22-20-17-14-11-7-2)65-88-92(80,81)86-61-68(75)62-87-93(82,83)89-66-70(63-84-71(76)57-52-47-41-18-15-12-8-3)91-74(79)60-55-50-45-44-46-51-56-67(5)9-4/h67-70,75H,6-66H2,1-5H3,(H,80,81)(H,82,83)/t67?,68-,69-,70-/m1/s1. The van der Waals surface area contributed by atoms with Gasteiger partial charge in [0.2, 0.25) is 0 Å². The summed E-state index contributed by atoms with van der Waals surface area (Å²) in [6.07, 6.45) is 55.8. The van der Waals surface area contributed by atoms with Gasteiger partial charge in [-0.05, 0) is 31.6 Å². The lowest BCUT2D eigenvalue weighted by atomic mass is 10.00. The van der Waals surface area contributed by atoms with Gasteiger partial charge in [-0.3, -0.25) is 37.3 Å². The normalized spacial score (nSPS) is 14.3. The van der Waals surface area contributed by atoms with E-state index in [1.54, 1.807) is 0 Å². The molecule has 3 unspecified atom stereocenters. The Morgan fingerprint density at radius 3 is 0.763 bits per heavy atom. The van der Waals surface area contributed by atoms with E-state index in [9.17, 15) is 43.2 Å². The van der Waals surface area contributed by atoms with Gasteiger partial charge in [0.05, 0.1) is 26.4 Å². The first-order valence-electron chi connectivity index (χ1n) is 38.7. The van der Waals surface area contributed by atoms with E-state index >= 15 is 0 Å². The fourth-order valence-corrected chi connectivity index (χ4v) is 12.9. The van der Waals surface area contributed by atoms with E-state index in [0.717, 1.165) is 109 Å². The predicted octanol–water partition coefficient (Wildman–Crippen LogP) is 21.7. The Balaban J connectivity index is 5.15. The smallest absolute Gasteiger partial charge is 0.462 e. The van der Waals surface area contributed by atoms with Gasteiger partial charge in [-0.25, -0.2) is 9.13 Å². The summed E-state index contributed by atoms with van der Waals surface area (Å²) in [5.41, 5.74) is 0. The fraction of sp³-hybridized carbons (Fsp3) is 0.946. The Labute approximate surface area is 568 Å². The minimum Gasteiger partial charge on any atom is -0.462 e. The maximum Gasteiger partial charge on any atom is 0.472 e. The van der Waals surface area contributed by atoms with E-state index in [4.69, 9.17) is 37.0 Å². The first-order chi connectivity index (χ1) is 45.1. The number of carbonyl (C=O) groups excluding carboxylic acids is 4. The first kappa shape index (κ1) is 91.1. The molecule has 552 valence electrons. The molecule has 0 aromatic heterocycles. The average molecular weight is 1370 g/mol. The third-order valence-corrected chi connectivity index (χ3v) is 19.5. The van der Waals surface area contributed by atoms with Crippen LogP contribution in [-0.2, 0) is 65.4 Å². The van der Waals surface area contributed by atoms with Crippen LogP contribution >= 0.6 is 15.6 Å². The van der Waals surface area contributed by atoms with Crippen molar-refractivity contribution in [2.75, 3.05) is 39.6 Å². The molecule has 93 heavy (non-hydrogen) atoms. The van der Waals surface area contributed by atoms with Gasteiger partial charge in [-0.15, -0.1) is 0 Å². The molecule has 0 aliphatic carbocycles. The van der Waals surface area contributed by atoms with Crippen LogP contribution in [0.25, 0.3) is 0 Å². The zero-order valence-electron chi connectivity index (χ0n) is 60.4. The molecular formula is C74H144O17P2. The quantitative estimate of drug-likeness (QED) is 0.0222. The molecule has 3 N–H and O–H groups in total. The van der Waals surface area contributed by atoms with Crippen LogP contribution in [0.2, 0.25) is 0 Å². The Morgan fingerprint density at radius 2 is 0.516 bits per heavy atom. The number of hydrogen-bond donors (Lipinski definition) is 3. The lowest BCUT2D eigenvalue weighted by molar-refractivity contribution is -0.161. The van der Waals surface area contributed by atoms with E-state index in [-0.39, 0.29) is 25.7 Å². The zero-order chi connectivity index (χ0) is 68.4. The second-order valence-electron chi connectivity index (χ2n) is 26.9. The molecule has 0 bridgehead atoms. The highest BCUT2D eigenvalue weighted by Gasteiger charge is 2.30. The molecule has 0 heterocycles. The van der Waals surface area contributed by atoms with Gasteiger partial charge in [-0.2, -0.15) is 0 Å². The first-order valence-corrected chi connectivity index (χ1v) is 41.7. The summed E-state index contributed by atoms with van der Waals surface area (Å²) in [4.78, 5) is 72.5. The Bertz CT molecular complexity index is 1790.